The van der Waals surface area contributed by atoms with Crippen LogP contribution in [-0.2, 0) is 0 Å². The number of aliphatic hydroxyl groups is 1. The van der Waals surface area contributed by atoms with Gasteiger partial charge in [-0.2, -0.15) is 0 Å². The minimum Gasteiger partial charge on any atom is -0.491 e. The van der Waals surface area contributed by atoms with Crippen LogP contribution >= 0.6 is 12.4 Å². The van der Waals surface area contributed by atoms with Gasteiger partial charge >= 0.3 is 0 Å². The van der Waals surface area contributed by atoms with Crippen molar-refractivity contribution in [3.8, 4) is 5.75 Å². The lowest BCUT2D eigenvalue weighted by atomic mass is 10.1. The third kappa shape index (κ3) is 4.60. The lowest BCUT2D eigenvalue weighted by molar-refractivity contribution is 0.0618. The summed E-state index contributed by atoms with van der Waals surface area (Å²) in [4.78, 5) is 2.33. The zero-order valence-electron chi connectivity index (χ0n) is 12.8. The summed E-state index contributed by atoms with van der Waals surface area (Å²) in [6.45, 7) is 3.28. The van der Waals surface area contributed by atoms with Gasteiger partial charge in [0.25, 0.3) is 0 Å². The predicted octanol–water partition coefficient (Wildman–Crippen LogP) is 3.49. The highest BCUT2D eigenvalue weighted by Gasteiger charge is 2.15. The summed E-state index contributed by atoms with van der Waals surface area (Å²) in [5, 5.41) is 12.5. The summed E-state index contributed by atoms with van der Waals surface area (Å²) in [6, 6.07) is 14.3. The fourth-order valence-electron chi connectivity index (χ4n) is 2.94. The van der Waals surface area contributed by atoms with Crippen molar-refractivity contribution in [3.63, 3.8) is 0 Å². The molecule has 1 N–H and O–H groups in total. The van der Waals surface area contributed by atoms with E-state index in [0.29, 0.717) is 13.2 Å². The van der Waals surface area contributed by atoms with Crippen LogP contribution in [0.4, 0.5) is 0 Å². The number of halogens is 1. The van der Waals surface area contributed by atoms with Gasteiger partial charge in [0.15, 0.2) is 0 Å². The molecule has 0 aromatic heterocycles. The van der Waals surface area contributed by atoms with Crippen LogP contribution in [0.25, 0.3) is 10.8 Å². The number of β-amino-alcohol motifs (C(OH)–C–C–N with tert-alkyl or cyclic N) is 1. The summed E-state index contributed by atoms with van der Waals surface area (Å²) in [6.07, 6.45) is 3.39. The monoisotopic (exact) mass is 321 g/mol. The maximum absolute atomic E-state index is 10.1. The van der Waals surface area contributed by atoms with Crippen molar-refractivity contribution in [1.82, 2.24) is 4.90 Å². The van der Waals surface area contributed by atoms with E-state index in [1.54, 1.807) is 0 Å². The second kappa shape index (κ2) is 8.37. The maximum atomic E-state index is 10.1. The number of aliphatic hydroxyl groups excluding tert-OH is 1. The molecule has 1 atom stereocenters. The highest BCUT2D eigenvalue weighted by molar-refractivity contribution is 5.85. The quantitative estimate of drug-likeness (QED) is 0.915. The van der Waals surface area contributed by atoms with Crippen molar-refractivity contribution in [1.29, 1.82) is 0 Å². The molecule has 2 aromatic rings. The van der Waals surface area contributed by atoms with Crippen molar-refractivity contribution in [3.05, 3.63) is 42.5 Å². The molecule has 0 radical (unpaired) electrons. The lowest BCUT2D eigenvalue weighted by Gasteiger charge is -2.28. The molecule has 0 bridgehead atoms. The summed E-state index contributed by atoms with van der Waals surface area (Å²) < 4.78 is 5.74. The second-order valence-electron chi connectivity index (χ2n) is 5.84. The number of hydrogen-bond donors (Lipinski definition) is 1. The van der Waals surface area contributed by atoms with Gasteiger partial charge in [0.05, 0.1) is 0 Å². The fourth-order valence-corrected chi connectivity index (χ4v) is 2.94. The van der Waals surface area contributed by atoms with Crippen molar-refractivity contribution in [2.75, 3.05) is 26.2 Å². The molecule has 3 rings (SSSR count). The number of piperidine rings is 1. The zero-order chi connectivity index (χ0) is 14.5. The minimum atomic E-state index is -0.422. The molecule has 2 aromatic carbocycles. The Morgan fingerprint density at radius 3 is 2.50 bits per heavy atom. The first-order chi connectivity index (χ1) is 10.3. The first-order valence-corrected chi connectivity index (χ1v) is 7.83. The molecule has 1 saturated heterocycles. The van der Waals surface area contributed by atoms with Gasteiger partial charge in [-0.1, -0.05) is 36.8 Å². The van der Waals surface area contributed by atoms with Crippen LogP contribution in [-0.4, -0.2) is 42.4 Å². The summed E-state index contributed by atoms with van der Waals surface area (Å²) in [7, 11) is 0. The molecule has 1 aliphatic heterocycles. The van der Waals surface area contributed by atoms with Gasteiger partial charge in [-0.15, -0.1) is 12.4 Å². The molecular weight excluding hydrogens is 298 g/mol. The van der Waals surface area contributed by atoms with Gasteiger partial charge in [-0.3, -0.25) is 0 Å². The van der Waals surface area contributed by atoms with Gasteiger partial charge in [-0.25, -0.2) is 0 Å². The number of nitrogens with zero attached hydrogens (tertiary/aromatic N) is 1. The molecule has 1 heterocycles. The molecular formula is C18H24ClNO2. The van der Waals surface area contributed by atoms with Crippen molar-refractivity contribution in [2.24, 2.45) is 0 Å². The highest BCUT2D eigenvalue weighted by Crippen LogP contribution is 2.20. The van der Waals surface area contributed by atoms with Crippen molar-refractivity contribution >= 4 is 23.2 Å². The Hall–Kier alpha value is -1.29. The van der Waals surface area contributed by atoms with Gasteiger partial charge in [0.1, 0.15) is 18.5 Å². The molecule has 1 aliphatic rings. The Kier molecular flexibility index (Phi) is 6.49. The van der Waals surface area contributed by atoms with Crippen LogP contribution in [0, 0.1) is 0 Å². The number of benzene rings is 2. The molecule has 0 spiro atoms. The third-order valence-corrected chi connectivity index (χ3v) is 4.08. The van der Waals surface area contributed by atoms with E-state index in [1.807, 2.05) is 24.3 Å². The van der Waals surface area contributed by atoms with E-state index in [0.717, 1.165) is 18.8 Å². The van der Waals surface area contributed by atoms with E-state index in [1.165, 1.54) is 30.0 Å². The number of fused-ring (bicyclic) bond motifs is 1. The average Bonchev–Trinajstić information content (AvgIpc) is 2.54. The van der Waals surface area contributed by atoms with E-state index >= 15 is 0 Å². The molecule has 3 nitrogen and oxygen atoms in total. The third-order valence-electron chi connectivity index (χ3n) is 4.08. The number of rotatable bonds is 5. The Morgan fingerprint density at radius 1 is 1.00 bits per heavy atom. The standard InChI is InChI=1S/C18H23NO2.ClH/c20-17(13-19-10-4-1-5-11-19)14-21-18-9-8-15-6-2-3-7-16(15)12-18;/h2-3,6-9,12,17,20H,1,4-5,10-11,13-14H2;1H. The molecule has 22 heavy (non-hydrogen) atoms. The normalized spacial score (nSPS) is 17.0. The minimum absolute atomic E-state index is 0. The van der Waals surface area contributed by atoms with E-state index < -0.39 is 6.10 Å². The summed E-state index contributed by atoms with van der Waals surface area (Å²) in [5.41, 5.74) is 0. The van der Waals surface area contributed by atoms with Crippen molar-refractivity contribution < 1.29 is 9.84 Å². The molecule has 0 aliphatic carbocycles. The van der Waals surface area contributed by atoms with E-state index in [4.69, 9.17) is 4.74 Å². The van der Waals surface area contributed by atoms with E-state index in [-0.39, 0.29) is 12.4 Å². The largest absolute Gasteiger partial charge is 0.491 e. The van der Waals surface area contributed by atoms with E-state index in [9.17, 15) is 5.11 Å². The average molecular weight is 322 g/mol. The Balaban J connectivity index is 0.00000176. The summed E-state index contributed by atoms with van der Waals surface area (Å²) >= 11 is 0. The molecule has 4 heteroatoms. The highest BCUT2D eigenvalue weighted by atomic mass is 35.5. The first kappa shape index (κ1) is 17.1. The molecule has 1 fully saturated rings. The predicted molar refractivity (Wildman–Crippen MR) is 93.0 cm³/mol. The van der Waals surface area contributed by atoms with Gasteiger partial charge in [0, 0.05) is 6.54 Å². The SMILES string of the molecule is Cl.OC(COc1ccc2ccccc2c1)CN1CCCCC1. The maximum Gasteiger partial charge on any atom is 0.120 e. The molecule has 0 saturated carbocycles. The van der Waals surface area contributed by atoms with Crippen LogP contribution in [0.2, 0.25) is 0 Å². The Labute approximate surface area is 138 Å². The van der Waals surface area contributed by atoms with Crippen LogP contribution < -0.4 is 4.74 Å². The lowest BCUT2D eigenvalue weighted by Crippen LogP contribution is -2.38. The van der Waals surface area contributed by atoms with Crippen LogP contribution in [0.3, 0.4) is 0 Å². The van der Waals surface area contributed by atoms with Gasteiger partial charge in [-0.05, 0) is 48.8 Å². The van der Waals surface area contributed by atoms with Crippen molar-refractivity contribution in [2.45, 2.75) is 25.4 Å². The fraction of sp³-hybridized carbons (Fsp3) is 0.444. The Morgan fingerprint density at radius 2 is 1.73 bits per heavy atom. The number of likely N-dealkylation sites (tertiary alicyclic amines) is 1. The summed E-state index contributed by atoms with van der Waals surface area (Å²) in [5.74, 6) is 0.825. The number of hydrogen-bond acceptors (Lipinski definition) is 3. The topological polar surface area (TPSA) is 32.7 Å². The zero-order valence-corrected chi connectivity index (χ0v) is 13.6. The smallest absolute Gasteiger partial charge is 0.120 e. The van der Waals surface area contributed by atoms with Gasteiger partial charge in [0.2, 0.25) is 0 Å². The van der Waals surface area contributed by atoms with Crippen LogP contribution in [0.1, 0.15) is 19.3 Å². The second-order valence-corrected chi connectivity index (χ2v) is 5.84. The van der Waals surface area contributed by atoms with Gasteiger partial charge < -0.3 is 14.7 Å². The number of ether oxygens (including phenoxy) is 1. The Bertz CT molecular complexity index is 584. The molecule has 1 unspecified atom stereocenters. The molecule has 120 valence electrons. The van der Waals surface area contributed by atoms with Crippen LogP contribution in [0.15, 0.2) is 42.5 Å². The van der Waals surface area contributed by atoms with Crippen LogP contribution in [0.5, 0.6) is 5.75 Å². The first-order valence-electron chi connectivity index (χ1n) is 7.83. The van der Waals surface area contributed by atoms with E-state index in [2.05, 4.69) is 23.1 Å². The molecule has 0 amide bonds.